The van der Waals surface area contributed by atoms with Crippen molar-refractivity contribution in [2.24, 2.45) is 0 Å². The quantitative estimate of drug-likeness (QED) is 0.776. The second-order valence-electron chi connectivity index (χ2n) is 6.91. The maximum atomic E-state index is 13.0. The number of aryl methyl sites for hydroxylation is 1. The highest BCUT2D eigenvalue weighted by Crippen LogP contribution is 2.33. The number of carbonyl (C=O) groups is 1. The molecule has 0 bridgehead atoms. The van der Waals surface area contributed by atoms with Gasteiger partial charge in [0, 0.05) is 36.3 Å². The molecule has 26 heavy (non-hydrogen) atoms. The van der Waals surface area contributed by atoms with Crippen molar-refractivity contribution in [3.8, 4) is 0 Å². The van der Waals surface area contributed by atoms with Gasteiger partial charge in [0.25, 0.3) is 5.56 Å². The highest BCUT2D eigenvalue weighted by Gasteiger charge is 2.34. The first-order valence-electron chi connectivity index (χ1n) is 8.84. The van der Waals surface area contributed by atoms with Gasteiger partial charge < -0.3 is 9.47 Å². The Labute approximate surface area is 150 Å². The van der Waals surface area contributed by atoms with E-state index in [9.17, 15) is 9.59 Å². The van der Waals surface area contributed by atoms with Gasteiger partial charge in [0.05, 0.1) is 18.1 Å². The highest BCUT2D eigenvalue weighted by atomic mass is 16.2. The van der Waals surface area contributed by atoms with Crippen molar-refractivity contribution >= 4 is 11.6 Å². The SMILES string of the molecule is Cc1nc2cc(C3CCCN3C(=O)C(C)n3ccnc3)[nH]n2c(=O)c1C. The number of H-pyrrole nitrogens is 1. The molecular weight excluding hydrogens is 332 g/mol. The predicted octanol–water partition coefficient (Wildman–Crippen LogP) is 1.76. The number of likely N-dealkylation sites (tertiary alicyclic amines) is 1. The van der Waals surface area contributed by atoms with Crippen LogP contribution in [0.5, 0.6) is 0 Å². The minimum absolute atomic E-state index is 0.0526. The van der Waals surface area contributed by atoms with E-state index in [-0.39, 0.29) is 23.6 Å². The number of nitrogens with zero attached hydrogens (tertiary/aromatic N) is 5. The third-order valence-electron chi connectivity index (χ3n) is 5.33. The summed E-state index contributed by atoms with van der Waals surface area (Å²) in [6, 6.07) is 1.49. The van der Waals surface area contributed by atoms with Crippen molar-refractivity contribution in [1.82, 2.24) is 29.0 Å². The molecule has 3 aromatic heterocycles. The van der Waals surface area contributed by atoms with Crippen molar-refractivity contribution in [2.75, 3.05) is 6.54 Å². The standard InChI is InChI=1S/C18H22N6O2/c1-11-12(2)20-16-9-14(21-24(16)17(11)25)15-5-4-7-23(15)18(26)13(3)22-8-6-19-10-22/h6,8-10,13,15,21H,4-5,7H2,1-3H3. The number of hydrogen-bond donors (Lipinski definition) is 1. The zero-order valence-corrected chi connectivity index (χ0v) is 15.1. The molecule has 1 amide bonds. The first-order chi connectivity index (χ1) is 12.5. The third-order valence-corrected chi connectivity index (χ3v) is 5.33. The van der Waals surface area contributed by atoms with Gasteiger partial charge in [-0.25, -0.2) is 14.5 Å². The monoisotopic (exact) mass is 354 g/mol. The van der Waals surface area contributed by atoms with Gasteiger partial charge in [0.2, 0.25) is 5.91 Å². The number of rotatable bonds is 3. The van der Waals surface area contributed by atoms with Crippen LogP contribution in [0, 0.1) is 13.8 Å². The molecule has 0 aromatic carbocycles. The van der Waals surface area contributed by atoms with Crippen LogP contribution in [0.4, 0.5) is 0 Å². The van der Waals surface area contributed by atoms with Gasteiger partial charge in [-0.2, -0.15) is 0 Å². The van der Waals surface area contributed by atoms with Gasteiger partial charge >= 0.3 is 0 Å². The van der Waals surface area contributed by atoms with Crippen LogP contribution in [0.15, 0.2) is 29.6 Å². The Morgan fingerprint density at radius 3 is 2.92 bits per heavy atom. The van der Waals surface area contributed by atoms with Gasteiger partial charge in [-0.05, 0) is 33.6 Å². The molecule has 4 heterocycles. The Morgan fingerprint density at radius 2 is 2.19 bits per heavy atom. The summed E-state index contributed by atoms with van der Waals surface area (Å²) in [5.74, 6) is 0.0526. The maximum absolute atomic E-state index is 13.0. The van der Waals surface area contributed by atoms with Gasteiger partial charge in [-0.1, -0.05) is 0 Å². The van der Waals surface area contributed by atoms with Crippen molar-refractivity contribution in [3.05, 3.63) is 52.1 Å². The fourth-order valence-electron chi connectivity index (χ4n) is 3.63. The molecule has 2 unspecified atom stereocenters. The molecule has 0 spiro atoms. The third kappa shape index (κ3) is 2.53. The first kappa shape index (κ1) is 16.6. The van der Waals surface area contributed by atoms with E-state index >= 15 is 0 Å². The number of fused-ring (bicyclic) bond motifs is 1. The minimum atomic E-state index is -0.312. The summed E-state index contributed by atoms with van der Waals surface area (Å²) in [4.78, 5) is 35.9. The van der Waals surface area contributed by atoms with Crippen molar-refractivity contribution in [1.29, 1.82) is 0 Å². The smallest absolute Gasteiger partial charge is 0.275 e. The summed E-state index contributed by atoms with van der Waals surface area (Å²) in [7, 11) is 0. The summed E-state index contributed by atoms with van der Waals surface area (Å²) in [6.45, 7) is 6.19. The predicted molar refractivity (Wildman–Crippen MR) is 95.9 cm³/mol. The molecule has 0 aliphatic carbocycles. The largest absolute Gasteiger partial charge is 0.332 e. The zero-order chi connectivity index (χ0) is 18.4. The second kappa shape index (κ2) is 6.12. The van der Waals surface area contributed by atoms with E-state index in [1.54, 1.807) is 25.6 Å². The van der Waals surface area contributed by atoms with E-state index in [1.165, 1.54) is 4.52 Å². The van der Waals surface area contributed by atoms with Gasteiger partial charge in [0.15, 0.2) is 5.65 Å². The molecule has 1 saturated heterocycles. The molecule has 8 heteroatoms. The van der Waals surface area contributed by atoms with Crippen LogP contribution in [0.3, 0.4) is 0 Å². The molecule has 0 saturated carbocycles. The van der Waals surface area contributed by atoms with E-state index in [4.69, 9.17) is 0 Å². The van der Waals surface area contributed by atoms with Crippen LogP contribution in [0.2, 0.25) is 0 Å². The Hall–Kier alpha value is -2.90. The average molecular weight is 354 g/mol. The fourth-order valence-corrected chi connectivity index (χ4v) is 3.63. The number of carbonyl (C=O) groups excluding carboxylic acids is 1. The van der Waals surface area contributed by atoms with E-state index in [2.05, 4.69) is 15.1 Å². The number of hydrogen-bond acceptors (Lipinski definition) is 4. The van der Waals surface area contributed by atoms with Crippen LogP contribution in [-0.2, 0) is 4.79 Å². The maximum Gasteiger partial charge on any atom is 0.275 e. The number of nitrogens with one attached hydrogen (secondary N) is 1. The van der Waals surface area contributed by atoms with Crippen LogP contribution in [0.25, 0.3) is 5.65 Å². The van der Waals surface area contributed by atoms with Crippen LogP contribution < -0.4 is 5.56 Å². The Kier molecular flexibility index (Phi) is 3.90. The lowest BCUT2D eigenvalue weighted by Crippen LogP contribution is -2.35. The number of imidazole rings is 1. The average Bonchev–Trinajstić information content (AvgIpc) is 3.37. The first-order valence-corrected chi connectivity index (χ1v) is 8.84. The molecule has 2 atom stereocenters. The molecular formula is C18H22N6O2. The molecule has 1 fully saturated rings. The Bertz CT molecular complexity index is 1020. The second-order valence-corrected chi connectivity index (χ2v) is 6.91. The highest BCUT2D eigenvalue weighted by molar-refractivity contribution is 5.80. The van der Waals surface area contributed by atoms with E-state index < -0.39 is 0 Å². The number of aromatic nitrogens is 5. The lowest BCUT2D eigenvalue weighted by atomic mass is 10.1. The summed E-state index contributed by atoms with van der Waals surface area (Å²) < 4.78 is 3.28. The number of amides is 1. The molecule has 0 radical (unpaired) electrons. The van der Waals surface area contributed by atoms with E-state index in [1.807, 2.05) is 29.4 Å². The van der Waals surface area contributed by atoms with Crippen molar-refractivity contribution < 1.29 is 4.79 Å². The van der Waals surface area contributed by atoms with Crippen LogP contribution in [0.1, 0.15) is 48.8 Å². The lowest BCUT2D eigenvalue weighted by Gasteiger charge is -2.27. The fraction of sp³-hybridized carbons (Fsp3) is 0.444. The Morgan fingerprint density at radius 1 is 1.38 bits per heavy atom. The topological polar surface area (TPSA) is 88.3 Å². The van der Waals surface area contributed by atoms with Crippen molar-refractivity contribution in [3.63, 3.8) is 0 Å². The molecule has 1 aliphatic rings. The molecule has 8 nitrogen and oxygen atoms in total. The van der Waals surface area contributed by atoms with Gasteiger partial charge in [-0.3, -0.25) is 14.7 Å². The van der Waals surface area contributed by atoms with Crippen molar-refractivity contribution in [2.45, 2.75) is 45.7 Å². The van der Waals surface area contributed by atoms with Gasteiger partial charge in [-0.15, -0.1) is 0 Å². The molecule has 136 valence electrons. The normalized spacial score (nSPS) is 18.6. The summed E-state index contributed by atoms with van der Waals surface area (Å²) in [6.07, 6.45) is 6.92. The van der Waals surface area contributed by atoms with Crippen LogP contribution >= 0.6 is 0 Å². The van der Waals surface area contributed by atoms with Gasteiger partial charge in [0.1, 0.15) is 6.04 Å². The zero-order valence-electron chi connectivity index (χ0n) is 15.1. The summed E-state index contributed by atoms with van der Waals surface area (Å²) in [5, 5.41) is 3.16. The molecule has 4 rings (SSSR count). The molecule has 3 aromatic rings. The minimum Gasteiger partial charge on any atom is -0.332 e. The number of aromatic amines is 1. The van der Waals surface area contributed by atoms with E-state index in [0.29, 0.717) is 17.8 Å². The lowest BCUT2D eigenvalue weighted by molar-refractivity contribution is -0.135. The van der Waals surface area contributed by atoms with E-state index in [0.717, 1.165) is 24.2 Å². The molecule has 1 N–H and O–H groups in total. The summed E-state index contributed by atoms with van der Waals surface area (Å²) >= 11 is 0. The summed E-state index contributed by atoms with van der Waals surface area (Å²) in [5.41, 5.74) is 2.71. The molecule has 1 aliphatic heterocycles. The Balaban J connectivity index is 1.68. The van der Waals surface area contributed by atoms with Crippen LogP contribution in [-0.4, -0.2) is 41.5 Å².